The second-order valence-corrected chi connectivity index (χ2v) is 6.98. The van der Waals surface area contributed by atoms with Crippen LogP contribution in [0.5, 0.6) is 0 Å². The third-order valence-corrected chi connectivity index (χ3v) is 4.74. The van der Waals surface area contributed by atoms with Crippen LogP contribution in [-0.4, -0.2) is 51.1 Å². The number of hydrogen-bond acceptors (Lipinski definition) is 3. The molecule has 1 aliphatic rings. The number of hydrogen-bond donors (Lipinski definition) is 1. The predicted molar refractivity (Wildman–Crippen MR) is 76.1 cm³/mol. The summed E-state index contributed by atoms with van der Waals surface area (Å²) in [5.74, 6) is 0.946. The smallest absolute Gasteiger partial charge is 0.246 e. The number of nitrogens with one attached hydrogen (secondary N) is 1. The minimum atomic E-state index is -0.919. The Labute approximate surface area is 117 Å². The molecule has 2 amide bonds. The van der Waals surface area contributed by atoms with E-state index in [0.29, 0.717) is 24.5 Å². The van der Waals surface area contributed by atoms with Gasteiger partial charge in [0.25, 0.3) is 0 Å². The summed E-state index contributed by atoms with van der Waals surface area (Å²) in [6.45, 7) is 7.97. The third kappa shape index (κ3) is 3.78. The van der Waals surface area contributed by atoms with Crippen LogP contribution in [0.15, 0.2) is 0 Å². The van der Waals surface area contributed by atoms with Gasteiger partial charge in [-0.2, -0.15) is 0 Å². The Balaban J connectivity index is 2.83. The fraction of sp³-hybridized carbons (Fsp3) is 0.846. The van der Waals surface area contributed by atoms with Gasteiger partial charge in [0.2, 0.25) is 11.8 Å². The van der Waals surface area contributed by atoms with Crippen LogP contribution in [0.4, 0.5) is 0 Å². The van der Waals surface area contributed by atoms with E-state index in [0.717, 1.165) is 0 Å². The second kappa shape index (κ2) is 7.03. The van der Waals surface area contributed by atoms with Gasteiger partial charge in [-0.25, -0.2) is 0 Å². The summed E-state index contributed by atoms with van der Waals surface area (Å²) < 4.78 is 11.5. The van der Waals surface area contributed by atoms with Crippen molar-refractivity contribution in [3.05, 3.63) is 0 Å². The zero-order chi connectivity index (χ0) is 14.6. The number of rotatable bonds is 6. The first-order valence-corrected chi connectivity index (χ1v) is 8.36. The van der Waals surface area contributed by atoms with Gasteiger partial charge in [-0.05, 0) is 12.3 Å². The molecule has 0 saturated carbocycles. The summed E-state index contributed by atoms with van der Waals surface area (Å²) in [5, 5.41) is 2.79. The maximum Gasteiger partial charge on any atom is 0.246 e. The summed E-state index contributed by atoms with van der Waals surface area (Å²) >= 11 is 0. The zero-order valence-corrected chi connectivity index (χ0v) is 13.0. The van der Waals surface area contributed by atoms with Gasteiger partial charge in [0, 0.05) is 28.9 Å². The molecule has 3 atom stereocenters. The highest BCUT2D eigenvalue weighted by Gasteiger charge is 2.40. The summed E-state index contributed by atoms with van der Waals surface area (Å²) in [4.78, 5) is 26.0. The Morgan fingerprint density at radius 3 is 2.42 bits per heavy atom. The Morgan fingerprint density at radius 1 is 1.32 bits per heavy atom. The Hall–Kier alpha value is -0.910. The average Bonchev–Trinajstić information content (AvgIpc) is 2.38. The molecule has 1 heterocycles. The quantitative estimate of drug-likeness (QED) is 0.775. The first-order chi connectivity index (χ1) is 8.92. The van der Waals surface area contributed by atoms with Crippen LogP contribution in [0.25, 0.3) is 0 Å². The summed E-state index contributed by atoms with van der Waals surface area (Å²) in [6, 6.07) is -0.873. The van der Waals surface area contributed by atoms with E-state index >= 15 is 0 Å². The predicted octanol–water partition coefficient (Wildman–Crippen LogP) is 0.517. The molecule has 0 aromatic heterocycles. The van der Waals surface area contributed by atoms with Crippen molar-refractivity contribution in [3.63, 3.8) is 0 Å². The van der Waals surface area contributed by atoms with Gasteiger partial charge in [-0.3, -0.25) is 13.8 Å². The molecule has 0 aromatic carbocycles. The van der Waals surface area contributed by atoms with Gasteiger partial charge in [0.15, 0.2) is 0 Å². The number of carbonyl (C=O) groups is 2. The highest BCUT2D eigenvalue weighted by molar-refractivity contribution is 7.84. The molecule has 0 radical (unpaired) electrons. The third-order valence-electron chi connectivity index (χ3n) is 3.46. The molecule has 3 unspecified atom stereocenters. The first kappa shape index (κ1) is 16.1. The van der Waals surface area contributed by atoms with Crippen molar-refractivity contribution < 1.29 is 13.8 Å². The van der Waals surface area contributed by atoms with E-state index in [1.165, 1.54) is 0 Å². The van der Waals surface area contributed by atoms with Crippen molar-refractivity contribution >= 4 is 22.6 Å². The highest BCUT2D eigenvalue weighted by Crippen LogP contribution is 2.17. The van der Waals surface area contributed by atoms with Crippen molar-refractivity contribution in [3.8, 4) is 0 Å². The molecular formula is C13H24N2O3S. The SMILES string of the molecule is CCC1C(=O)NC(C(C)C)C(=O)N1CCS(=O)CC. The second-order valence-electron chi connectivity index (χ2n) is 5.12. The molecule has 6 heteroatoms. The van der Waals surface area contributed by atoms with Crippen LogP contribution in [0, 0.1) is 5.92 Å². The number of piperazine rings is 1. The van der Waals surface area contributed by atoms with E-state index < -0.39 is 22.9 Å². The molecule has 1 fully saturated rings. The first-order valence-electron chi connectivity index (χ1n) is 6.88. The van der Waals surface area contributed by atoms with Crippen LogP contribution >= 0.6 is 0 Å². The molecule has 1 N–H and O–H groups in total. The molecule has 1 rings (SSSR count). The lowest BCUT2D eigenvalue weighted by molar-refractivity contribution is -0.150. The lowest BCUT2D eigenvalue weighted by Gasteiger charge is -2.40. The minimum Gasteiger partial charge on any atom is -0.342 e. The number of nitrogens with zero attached hydrogens (tertiary/aromatic N) is 1. The molecule has 0 aromatic rings. The maximum atomic E-state index is 12.4. The minimum absolute atomic E-state index is 0.0467. The molecular weight excluding hydrogens is 264 g/mol. The van der Waals surface area contributed by atoms with Crippen molar-refractivity contribution in [2.24, 2.45) is 5.92 Å². The van der Waals surface area contributed by atoms with Gasteiger partial charge >= 0.3 is 0 Å². The lowest BCUT2D eigenvalue weighted by atomic mass is 9.97. The largest absolute Gasteiger partial charge is 0.342 e. The van der Waals surface area contributed by atoms with Gasteiger partial charge in [-0.15, -0.1) is 0 Å². The van der Waals surface area contributed by atoms with Crippen molar-refractivity contribution in [2.75, 3.05) is 18.1 Å². The van der Waals surface area contributed by atoms with Gasteiger partial charge in [0.1, 0.15) is 12.1 Å². The monoisotopic (exact) mass is 288 g/mol. The van der Waals surface area contributed by atoms with E-state index in [9.17, 15) is 13.8 Å². The molecule has 1 aliphatic heterocycles. The summed E-state index contributed by atoms with van der Waals surface area (Å²) in [5.41, 5.74) is 0. The van der Waals surface area contributed by atoms with Crippen molar-refractivity contribution in [2.45, 2.75) is 46.2 Å². The van der Waals surface area contributed by atoms with Crippen molar-refractivity contribution in [1.82, 2.24) is 10.2 Å². The maximum absolute atomic E-state index is 12.4. The Bertz CT molecular complexity index is 371. The lowest BCUT2D eigenvalue weighted by Crippen LogP contribution is -2.65. The van der Waals surface area contributed by atoms with E-state index in [-0.39, 0.29) is 17.7 Å². The molecule has 0 spiro atoms. The molecule has 1 saturated heterocycles. The normalized spacial score (nSPS) is 25.6. The summed E-state index contributed by atoms with van der Waals surface area (Å²) in [7, 11) is -0.919. The topological polar surface area (TPSA) is 66.5 Å². The van der Waals surface area contributed by atoms with Crippen LogP contribution in [0.3, 0.4) is 0 Å². The standard InChI is InChI=1S/C13H24N2O3S/c1-5-10-12(16)14-11(9(3)4)13(17)15(10)7-8-19(18)6-2/h9-11H,5-8H2,1-4H3,(H,14,16). The fourth-order valence-electron chi connectivity index (χ4n) is 2.25. The molecule has 0 bridgehead atoms. The van der Waals surface area contributed by atoms with Gasteiger partial charge in [-0.1, -0.05) is 27.7 Å². The van der Waals surface area contributed by atoms with Crippen LogP contribution < -0.4 is 5.32 Å². The highest BCUT2D eigenvalue weighted by atomic mass is 32.2. The number of carbonyl (C=O) groups excluding carboxylic acids is 2. The number of amides is 2. The molecule has 19 heavy (non-hydrogen) atoms. The van der Waals surface area contributed by atoms with E-state index in [2.05, 4.69) is 5.32 Å². The van der Waals surface area contributed by atoms with Crippen LogP contribution in [0.1, 0.15) is 34.1 Å². The molecule has 0 aliphatic carbocycles. The molecule has 110 valence electrons. The van der Waals surface area contributed by atoms with Crippen LogP contribution in [0.2, 0.25) is 0 Å². The van der Waals surface area contributed by atoms with E-state index in [1.54, 1.807) is 4.90 Å². The Kier molecular flexibility index (Phi) is 5.97. The average molecular weight is 288 g/mol. The zero-order valence-electron chi connectivity index (χ0n) is 12.1. The van der Waals surface area contributed by atoms with Crippen molar-refractivity contribution in [1.29, 1.82) is 0 Å². The molecule has 5 nitrogen and oxygen atoms in total. The fourth-order valence-corrected chi connectivity index (χ4v) is 2.94. The van der Waals surface area contributed by atoms with Crippen LogP contribution in [-0.2, 0) is 20.4 Å². The summed E-state index contributed by atoms with van der Waals surface area (Å²) in [6.07, 6.45) is 0.584. The Morgan fingerprint density at radius 2 is 1.95 bits per heavy atom. The van der Waals surface area contributed by atoms with E-state index in [4.69, 9.17) is 0 Å². The van der Waals surface area contributed by atoms with E-state index in [1.807, 2.05) is 27.7 Å². The van der Waals surface area contributed by atoms with Gasteiger partial charge in [0.05, 0.1) is 0 Å². The van der Waals surface area contributed by atoms with Gasteiger partial charge < -0.3 is 10.2 Å².